The molecule has 0 aliphatic carbocycles. The van der Waals surface area contributed by atoms with Gasteiger partial charge in [0.15, 0.2) is 0 Å². The molecule has 1 saturated heterocycles. The summed E-state index contributed by atoms with van der Waals surface area (Å²) in [5, 5.41) is 3.23. The van der Waals surface area contributed by atoms with Crippen LogP contribution in [0.1, 0.15) is 12.1 Å². The molecule has 1 aliphatic rings. The van der Waals surface area contributed by atoms with Gasteiger partial charge in [0.2, 0.25) is 5.91 Å². The molecule has 0 bridgehead atoms. The van der Waals surface area contributed by atoms with E-state index in [1.54, 1.807) is 18.1 Å². The number of hydrogen-bond donors (Lipinski definition) is 1. The van der Waals surface area contributed by atoms with Crippen LogP contribution >= 0.6 is 0 Å². The zero-order chi connectivity index (χ0) is 15.4. The van der Waals surface area contributed by atoms with Crippen molar-refractivity contribution in [3.8, 4) is 0 Å². The van der Waals surface area contributed by atoms with Gasteiger partial charge in [0.1, 0.15) is 0 Å². The minimum atomic E-state index is -0.0358. The van der Waals surface area contributed by atoms with E-state index < -0.39 is 0 Å². The van der Waals surface area contributed by atoms with Crippen molar-refractivity contribution in [3.63, 3.8) is 0 Å². The SMILES string of the molecule is CN(Cc1cnc2ccccc2n1)C(=O)CC1CNCCO1. The number of hydrogen-bond acceptors (Lipinski definition) is 5. The molecular formula is C16H20N4O2. The molecule has 0 spiro atoms. The number of para-hydroxylation sites is 2. The second-order valence-corrected chi connectivity index (χ2v) is 5.50. The van der Waals surface area contributed by atoms with Crippen LogP contribution in [0, 0.1) is 0 Å². The number of rotatable bonds is 4. The maximum atomic E-state index is 12.2. The van der Waals surface area contributed by atoms with Crippen LogP contribution in [0.15, 0.2) is 30.5 Å². The number of carbonyl (C=O) groups is 1. The van der Waals surface area contributed by atoms with E-state index in [1.807, 2.05) is 24.3 Å². The summed E-state index contributed by atoms with van der Waals surface area (Å²) < 4.78 is 5.57. The Labute approximate surface area is 129 Å². The number of ether oxygens (including phenoxy) is 1. The first-order chi connectivity index (χ1) is 10.7. The Hall–Kier alpha value is -2.05. The van der Waals surface area contributed by atoms with Crippen LogP contribution in [0.4, 0.5) is 0 Å². The molecule has 1 aromatic carbocycles. The molecule has 6 nitrogen and oxygen atoms in total. The van der Waals surface area contributed by atoms with Crippen molar-refractivity contribution in [3.05, 3.63) is 36.2 Å². The summed E-state index contributed by atoms with van der Waals surface area (Å²) in [4.78, 5) is 22.8. The van der Waals surface area contributed by atoms with Crippen LogP contribution < -0.4 is 5.32 Å². The highest BCUT2D eigenvalue weighted by molar-refractivity contribution is 5.76. The summed E-state index contributed by atoms with van der Waals surface area (Å²) in [5.41, 5.74) is 2.50. The molecule has 1 unspecified atom stereocenters. The fraction of sp³-hybridized carbons (Fsp3) is 0.438. The van der Waals surface area contributed by atoms with E-state index in [4.69, 9.17) is 4.74 Å². The van der Waals surface area contributed by atoms with Crippen LogP contribution in [0.3, 0.4) is 0 Å². The molecule has 1 N–H and O–H groups in total. The highest BCUT2D eigenvalue weighted by Crippen LogP contribution is 2.11. The van der Waals surface area contributed by atoms with E-state index in [-0.39, 0.29) is 12.0 Å². The van der Waals surface area contributed by atoms with Crippen molar-refractivity contribution in [1.82, 2.24) is 20.2 Å². The molecule has 116 valence electrons. The largest absolute Gasteiger partial charge is 0.375 e. The van der Waals surface area contributed by atoms with Gasteiger partial charge >= 0.3 is 0 Å². The molecule has 2 aromatic rings. The number of morpholine rings is 1. The number of carbonyl (C=O) groups excluding carboxylic acids is 1. The van der Waals surface area contributed by atoms with Crippen LogP contribution in [0.2, 0.25) is 0 Å². The van der Waals surface area contributed by atoms with Crippen LogP contribution in [-0.2, 0) is 16.1 Å². The molecule has 1 aromatic heterocycles. The molecule has 3 rings (SSSR count). The third kappa shape index (κ3) is 3.58. The van der Waals surface area contributed by atoms with Crippen LogP contribution in [-0.4, -0.2) is 53.6 Å². The first-order valence-electron chi connectivity index (χ1n) is 7.49. The number of fused-ring (bicyclic) bond motifs is 1. The zero-order valence-corrected chi connectivity index (χ0v) is 12.7. The van der Waals surface area contributed by atoms with Crippen molar-refractivity contribution in [2.75, 3.05) is 26.7 Å². The molecular weight excluding hydrogens is 280 g/mol. The average Bonchev–Trinajstić information content (AvgIpc) is 2.55. The van der Waals surface area contributed by atoms with E-state index in [2.05, 4.69) is 15.3 Å². The molecule has 6 heteroatoms. The molecule has 1 atom stereocenters. The number of nitrogens with one attached hydrogen (secondary N) is 1. The Morgan fingerprint density at radius 2 is 2.23 bits per heavy atom. The Bertz CT molecular complexity index is 655. The molecule has 0 saturated carbocycles. The fourth-order valence-electron chi connectivity index (χ4n) is 2.50. The van der Waals surface area contributed by atoms with Crippen molar-refractivity contribution in [1.29, 1.82) is 0 Å². The van der Waals surface area contributed by atoms with Gasteiger partial charge in [0.05, 0.1) is 48.6 Å². The van der Waals surface area contributed by atoms with Gasteiger partial charge in [-0.3, -0.25) is 9.78 Å². The lowest BCUT2D eigenvalue weighted by molar-refractivity contribution is -0.134. The highest BCUT2D eigenvalue weighted by atomic mass is 16.5. The second-order valence-electron chi connectivity index (χ2n) is 5.50. The zero-order valence-electron chi connectivity index (χ0n) is 12.7. The van der Waals surface area contributed by atoms with Crippen LogP contribution in [0.25, 0.3) is 11.0 Å². The lowest BCUT2D eigenvalue weighted by Crippen LogP contribution is -2.41. The molecule has 22 heavy (non-hydrogen) atoms. The Kier molecular flexibility index (Phi) is 4.60. The van der Waals surface area contributed by atoms with Gasteiger partial charge in [0.25, 0.3) is 0 Å². The minimum Gasteiger partial charge on any atom is -0.375 e. The van der Waals surface area contributed by atoms with E-state index in [0.717, 1.165) is 29.8 Å². The monoisotopic (exact) mass is 300 g/mol. The van der Waals surface area contributed by atoms with E-state index in [9.17, 15) is 4.79 Å². The third-order valence-corrected chi connectivity index (χ3v) is 3.73. The van der Waals surface area contributed by atoms with Gasteiger partial charge in [-0.25, -0.2) is 4.98 Å². The van der Waals surface area contributed by atoms with E-state index in [0.29, 0.717) is 19.6 Å². The van der Waals surface area contributed by atoms with Gasteiger partial charge < -0.3 is 15.0 Å². The van der Waals surface area contributed by atoms with Gasteiger partial charge in [-0.05, 0) is 12.1 Å². The maximum absolute atomic E-state index is 12.2. The minimum absolute atomic E-state index is 0.0358. The average molecular weight is 300 g/mol. The number of benzene rings is 1. The number of nitrogens with zero attached hydrogens (tertiary/aromatic N) is 3. The normalized spacial score (nSPS) is 18.3. The van der Waals surface area contributed by atoms with Crippen molar-refractivity contribution in [2.24, 2.45) is 0 Å². The van der Waals surface area contributed by atoms with Gasteiger partial charge in [0, 0.05) is 20.1 Å². The van der Waals surface area contributed by atoms with Gasteiger partial charge in [-0.2, -0.15) is 0 Å². The summed E-state index contributed by atoms with van der Waals surface area (Å²) in [6.07, 6.45) is 2.08. The summed E-state index contributed by atoms with van der Waals surface area (Å²) in [6, 6.07) is 7.72. The first kappa shape index (κ1) is 14.9. The number of aromatic nitrogens is 2. The van der Waals surface area contributed by atoms with Crippen molar-refractivity contribution >= 4 is 16.9 Å². The fourth-order valence-corrected chi connectivity index (χ4v) is 2.50. The molecule has 2 heterocycles. The van der Waals surface area contributed by atoms with E-state index >= 15 is 0 Å². The number of amides is 1. The first-order valence-corrected chi connectivity index (χ1v) is 7.49. The predicted octanol–water partition coefficient (Wildman–Crippen LogP) is 0.967. The summed E-state index contributed by atoms with van der Waals surface area (Å²) >= 11 is 0. The molecule has 1 amide bonds. The molecule has 1 fully saturated rings. The molecule has 1 aliphatic heterocycles. The van der Waals surface area contributed by atoms with Gasteiger partial charge in [-0.15, -0.1) is 0 Å². The Balaban J connectivity index is 1.61. The summed E-state index contributed by atoms with van der Waals surface area (Å²) in [6.45, 7) is 2.71. The summed E-state index contributed by atoms with van der Waals surface area (Å²) in [7, 11) is 1.79. The van der Waals surface area contributed by atoms with E-state index in [1.165, 1.54) is 0 Å². The Morgan fingerprint density at radius 1 is 1.41 bits per heavy atom. The molecule has 0 radical (unpaired) electrons. The lowest BCUT2D eigenvalue weighted by Gasteiger charge is -2.25. The summed E-state index contributed by atoms with van der Waals surface area (Å²) in [5.74, 6) is 0.0589. The van der Waals surface area contributed by atoms with Crippen LogP contribution in [0.5, 0.6) is 0 Å². The highest BCUT2D eigenvalue weighted by Gasteiger charge is 2.20. The quantitative estimate of drug-likeness (QED) is 0.911. The topological polar surface area (TPSA) is 67.4 Å². The predicted molar refractivity (Wildman–Crippen MR) is 83.2 cm³/mol. The third-order valence-electron chi connectivity index (χ3n) is 3.73. The maximum Gasteiger partial charge on any atom is 0.225 e. The second kappa shape index (κ2) is 6.81. The van der Waals surface area contributed by atoms with Crippen molar-refractivity contribution < 1.29 is 9.53 Å². The van der Waals surface area contributed by atoms with Gasteiger partial charge in [-0.1, -0.05) is 12.1 Å². The Morgan fingerprint density at radius 3 is 3.00 bits per heavy atom. The lowest BCUT2D eigenvalue weighted by atomic mass is 10.2. The standard InChI is InChI=1S/C16H20N4O2/c1-20(16(21)8-13-10-17-6-7-22-13)11-12-9-18-14-4-2-3-5-15(14)19-12/h2-5,9,13,17H,6-8,10-11H2,1H3. The smallest absolute Gasteiger partial charge is 0.225 e. The van der Waals surface area contributed by atoms with Crippen molar-refractivity contribution in [2.45, 2.75) is 19.1 Å².